The van der Waals surface area contributed by atoms with Gasteiger partial charge in [0.15, 0.2) is 0 Å². The summed E-state index contributed by atoms with van der Waals surface area (Å²) < 4.78 is 0. The lowest BCUT2D eigenvalue weighted by Gasteiger charge is -2.39. The molecular weight excluding hydrogens is 382 g/mol. The van der Waals surface area contributed by atoms with E-state index in [1.807, 2.05) is 34.6 Å². The molecule has 1 aliphatic heterocycles. The molecule has 1 fully saturated rings. The molecule has 0 spiro atoms. The lowest BCUT2D eigenvalue weighted by atomic mass is 9.84. The number of likely N-dealkylation sites (tertiary alicyclic amines) is 1. The van der Waals surface area contributed by atoms with E-state index in [4.69, 9.17) is 0 Å². The molecule has 0 aromatic carbocycles. The monoisotopic (exact) mass is 423 g/mol. The highest BCUT2D eigenvalue weighted by Gasteiger charge is 2.39. The summed E-state index contributed by atoms with van der Waals surface area (Å²) in [6, 6.07) is -1.28. The number of piperidine rings is 1. The van der Waals surface area contributed by atoms with Crippen molar-refractivity contribution < 1.29 is 19.5 Å². The van der Waals surface area contributed by atoms with Gasteiger partial charge in [0.05, 0.1) is 12.1 Å². The van der Waals surface area contributed by atoms with Crippen molar-refractivity contribution in [3.63, 3.8) is 0 Å². The maximum atomic E-state index is 13.5. The average molecular weight is 424 g/mol. The zero-order valence-corrected chi connectivity index (χ0v) is 20.0. The minimum absolute atomic E-state index is 0.0264. The molecule has 7 nitrogen and oxygen atoms in total. The van der Waals surface area contributed by atoms with Gasteiger partial charge in [-0.3, -0.25) is 14.5 Å². The first-order valence-corrected chi connectivity index (χ1v) is 11.0. The second kappa shape index (κ2) is 10.9. The zero-order valence-electron chi connectivity index (χ0n) is 20.0. The van der Waals surface area contributed by atoms with Crippen LogP contribution in [-0.4, -0.2) is 71.0 Å². The van der Waals surface area contributed by atoms with Crippen molar-refractivity contribution in [2.45, 2.75) is 85.9 Å². The fraction of sp³-hybridized carbons (Fsp3) is 0.783. The molecule has 0 radical (unpaired) electrons. The predicted octanol–water partition coefficient (Wildman–Crippen LogP) is 2.91. The van der Waals surface area contributed by atoms with Gasteiger partial charge in [0.2, 0.25) is 11.8 Å². The summed E-state index contributed by atoms with van der Waals surface area (Å²) in [7, 11) is 1.68. The van der Waals surface area contributed by atoms with Crippen LogP contribution in [0.15, 0.2) is 11.6 Å². The molecule has 0 aliphatic carbocycles. The lowest BCUT2D eigenvalue weighted by Crippen LogP contribution is -2.60. The molecule has 2 amide bonds. The first kappa shape index (κ1) is 26.1. The smallest absolute Gasteiger partial charge is 0.331 e. The highest BCUT2D eigenvalue weighted by molar-refractivity contribution is 5.91. The molecule has 1 heterocycles. The Morgan fingerprint density at radius 2 is 1.83 bits per heavy atom. The molecule has 30 heavy (non-hydrogen) atoms. The summed E-state index contributed by atoms with van der Waals surface area (Å²) >= 11 is 0. The van der Waals surface area contributed by atoms with Gasteiger partial charge in [-0.15, -0.1) is 0 Å². The fourth-order valence-electron chi connectivity index (χ4n) is 3.98. The molecule has 7 heteroatoms. The zero-order chi connectivity index (χ0) is 23.2. The Bertz CT molecular complexity index is 651. The van der Waals surface area contributed by atoms with Crippen LogP contribution >= 0.6 is 0 Å². The second-order valence-electron chi connectivity index (χ2n) is 9.79. The molecular formula is C23H41N3O4. The Kier molecular flexibility index (Phi) is 9.53. The molecule has 0 saturated carbocycles. The minimum atomic E-state index is -1.00. The first-order valence-electron chi connectivity index (χ1n) is 11.0. The maximum Gasteiger partial charge on any atom is 0.331 e. The van der Waals surface area contributed by atoms with Crippen LogP contribution in [0.3, 0.4) is 0 Å². The van der Waals surface area contributed by atoms with E-state index in [1.165, 1.54) is 6.92 Å². The van der Waals surface area contributed by atoms with Crippen molar-refractivity contribution in [1.29, 1.82) is 0 Å². The molecule has 0 aromatic heterocycles. The highest BCUT2D eigenvalue weighted by atomic mass is 16.4. The SMILES string of the molecule is CCN1CCCC[C@@H]1C(=O)N[C@H](C(=O)N(C)[C@H](C=C(C)C(=O)O)C(C)C)C(C)(C)C. The van der Waals surface area contributed by atoms with E-state index < -0.39 is 17.4 Å². The number of carbonyl (C=O) groups is 3. The lowest BCUT2D eigenvalue weighted by molar-refractivity contribution is -0.141. The van der Waals surface area contributed by atoms with Crippen molar-refractivity contribution in [3.8, 4) is 0 Å². The van der Waals surface area contributed by atoms with E-state index in [-0.39, 0.29) is 35.4 Å². The van der Waals surface area contributed by atoms with E-state index in [0.717, 1.165) is 32.4 Å². The number of hydrogen-bond acceptors (Lipinski definition) is 4. The molecule has 0 aromatic rings. The number of rotatable bonds is 8. The van der Waals surface area contributed by atoms with Crippen molar-refractivity contribution >= 4 is 17.8 Å². The Morgan fingerprint density at radius 3 is 2.30 bits per heavy atom. The molecule has 3 atom stereocenters. The Balaban J connectivity index is 3.12. The molecule has 2 N–H and O–H groups in total. The van der Waals surface area contributed by atoms with Gasteiger partial charge in [0, 0.05) is 12.6 Å². The van der Waals surface area contributed by atoms with Crippen LogP contribution in [0.4, 0.5) is 0 Å². The van der Waals surface area contributed by atoms with Gasteiger partial charge >= 0.3 is 5.97 Å². The number of nitrogens with zero attached hydrogens (tertiary/aromatic N) is 2. The topological polar surface area (TPSA) is 90.0 Å². The van der Waals surface area contributed by atoms with E-state index >= 15 is 0 Å². The highest BCUT2D eigenvalue weighted by Crippen LogP contribution is 2.25. The van der Waals surface area contributed by atoms with Crippen molar-refractivity contribution in [3.05, 3.63) is 11.6 Å². The van der Waals surface area contributed by atoms with Crippen LogP contribution in [0.1, 0.15) is 67.7 Å². The fourth-order valence-corrected chi connectivity index (χ4v) is 3.98. The third-order valence-electron chi connectivity index (χ3n) is 5.96. The average Bonchev–Trinajstić information content (AvgIpc) is 2.67. The van der Waals surface area contributed by atoms with Crippen LogP contribution in [-0.2, 0) is 14.4 Å². The number of carboxylic acid groups (broad SMARTS) is 1. The summed E-state index contributed by atoms with van der Waals surface area (Å²) in [6.07, 6.45) is 4.52. The van der Waals surface area contributed by atoms with Gasteiger partial charge in [0.1, 0.15) is 6.04 Å². The van der Waals surface area contributed by atoms with Gasteiger partial charge < -0.3 is 15.3 Å². The molecule has 0 bridgehead atoms. The number of nitrogens with one attached hydrogen (secondary N) is 1. The number of amides is 2. The molecule has 1 saturated heterocycles. The quantitative estimate of drug-likeness (QED) is 0.586. The first-order chi connectivity index (χ1) is 13.8. The van der Waals surface area contributed by atoms with Gasteiger partial charge in [0.25, 0.3) is 0 Å². The number of aliphatic carboxylic acids is 1. The van der Waals surface area contributed by atoms with Crippen molar-refractivity contribution in [2.24, 2.45) is 11.3 Å². The van der Waals surface area contributed by atoms with Crippen molar-refractivity contribution in [1.82, 2.24) is 15.1 Å². The van der Waals surface area contributed by atoms with Gasteiger partial charge in [-0.05, 0) is 44.2 Å². The molecule has 0 unspecified atom stereocenters. The number of carboxylic acids is 1. The third-order valence-corrected chi connectivity index (χ3v) is 5.96. The number of likely N-dealkylation sites (N-methyl/N-ethyl adjacent to an activating group) is 2. The standard InChI is InChI=1S/C23H41N3O4/c1-9-26-13-11-10-12-17(26)20(27)24-19(23(5,6)7)21(28)25(8)18(15(2)3)14-16(4)22(29)30/h14-15,17-19H,9-13H2,1-8H3,(H,24,27)(H,29,30)/t17-,18-,19-/m1/s1. The summed E-state index contributed by atoms with van der Waals surface area (Å²) in [5.41, 5.74) is -0.287. The predicted molar refractivity (Wildman–Crippen MR) is 119 cm³/mol. The number of hydrogen-bond donors (Lipinski definition) is 2. The van der Waals surface area contributed by atoms with E-state index in [9.17, 15) is 19.5 Å². The van der Waals surface area contributed by atoms with Crippen LogP contribution < -0.4 is 5.32 Å². The van der Waals surface area contributed by atoms with Crippen LogP contribution in [0.2, 0.25) is 0 Å². The molecule has 1 aliphatic rings. The molecule has 1 rings (SSSR count). The molecule has 172 valence electrons. The Morgan fingerprint density at radius 1 is 1.23 bits per heavy atom. The Labute approximate surface area is 181 Å². The summed E-state index contributed by atoms with van der Waals surface area (Å²) in [4.78, 5) is 41.6. The Hall–Kier alpha value is -1.89. The normalized spacial score (nSPS) is 20.6. The van der Waals surface area contributed by atoms with E-state index in [0.29, 0.717) is 0 Å². The second-order valence-corrected chi connectivity index (χ2v) is 9.79. The van der Waals surface area contributed by atoms with E-state index in [1.54, 1.807) is 18.0 Å². The van der Waals surface area contributed by atoms with Crippen LogP contribution in [0.5, 0.6) is 0 Å². The van der Waals surface area contributed by atoms with Gasteiger partial charge in [-0.1, -0.05) is 54.0 Å². The number of carbonyl (C=O) groups excluding carboxylic acids is 2. The summed E-state index contributed by atoms with van der Waals surface area (Å²) in [6.45, 7) is 15.0. The van der Waals surface area contributed by atoms with Crippen molar-refractivity contribution in [2.75, 3.05) is 20.1 Å². The van der Waals surface area contributed by atoms with Crippen LogP contribution in [0, 0.1) is 11.3 Å². The minimum Gasteiger partial charge on any atom is -0.478 e. The van der Waals surface area contributed by atoms with E-state index in [2.05, 4.69) is 17.1 Å². The maximum absolute atomic E-state index is 13.5. The van der Waals surface area contributed by atoms with Gasteiger partial charge in [-0.25, -0.2) is 4.79 Å². The van der Waals surface area contributed by atoms with Crippen LogP contribution in [0.25, 0.3) is 0 Å². The van der Waals surface area contributed by atoms with Gasteiger partial charge in [-0.2, -0.15) is 0 Å². The largest absolute Gasteiger partial charge is 0.478 e. The summed E-state index contributed by atoms with van der Waals surface area (Å²) in [5.74, 6) is -1.28. The third kappa shape index (κ3) is 6.83. The summed E-state index contributed by atoms with van der Waals surface area (Å²) in [5, 5.41) is 12.3.